The Balaban J connectivity index is 1.46. The van der Waals surface area contributed by atoms with Gasteiger partial charge in [-0.1, -0.05) is 12.8 Å². The Kier molecular flexibility index (Phi) is 6.48. The van der Waals surface area contributed by atoms with E-state index in [1.54, 1.807) is 13.1 Å². The molecule has 1 saturated heterocycles. The van der Waals surface area contributed by atoms with Gasteiger partial charge in [0, 0.05) is 69.8 Å². The Morgan fingerprint density at radius 2 is 1.75 bits per heavy atom. The number of benzene rings is 1. The number of hydrogen-bond donors (Lipinski definition) is 2. The molecule has 1 aliphatic carbocycles. The van der Waals surface area contributed by atoms with Gasteiger partial charge < -0.3 is 25.8 Å². The van der Waals surface area contributed by atoms with Crippen LogP contribution in [0.15, 0.2) is 36.5 Å². The third kappa shape index (κ3) is 4.79. The predicted molar refractivity (Wildman–Crippen MR) is 128 cm³/mol. The van der Waals surface area contributed by atoms with Crippen LogP contribution >= 0.6 is 0 Å². The van der Waals surface area contributed by atoms with Crippen molar-refractivity contribution in [3.05, 3.63) is 42.1 Å². The molecule has 1 saturated carbocycles. The van der Waals surface area contributed by atoms with E-state index in [1.165, 1.54) is 12.8 Å². The van der Waals surface area contributed by atoms with Crippen LogP contribution in [0.4, 0.5) is 22.9 Å². The molecule has 0 radical (unpaired) electrons. The molecule has 2 heterocycles. The number of carbonyl (C=O) groups excluding carboxylic acids is 2. The van der Waals surface area contributed by atoms with Crippen LogP contribution < -0.4 is 20.9 Å². The van der Waals surface area contributed by atoms with Gasteiger partial charge in [0.15, 0.2) is 0 Å². The second-order valence-corrected chi connectivity index (χ2v) is 8.67. The van der Waals surface area contributed by atoms with Gasteiger partial charge in [-0.3, -0.25) is 9.59 Å². The van der Waals surface area contributed by atoms with Crippen molar-refractivity contribution in [1.82, 2.24) is 9.88 Å². The van der Waals surface area contributed by atoms with Crippen molar-refractivity contribution < 1.29 is 9.59 Å². The van der Waals surface area contributed by atoms with Crippen LogP contribution in [-0.2, 0) is 4.79 Å². The summed E-state index contributed by atoms with van der Waals surface area (Å²) in [6.45, 7) is 4.79. The first kappa shape index (κ1) is 21.9. The van der Waals surface area contributed by atoms with Gasteiger partial charge in [0.1, 0.15) is 5.82 Å². The second-order valence-electron chi connectivity index (χ2n) is 8.67. The van der Waals surface area contributed by atoms with E-state index >= 15 is 0 Å². The highest BCUT2D eigenvalue weighted by Gasteiger charge is 2.24. The lowest BCUT2D eigenvalue weighted by Gasteiger charge is -2.35. The van der Waals surface area contributed by atoms with Crippen LogP contribution in [0.2, 0.25) is 0 Å². The molecule has 0 bridgehead atoms. The zero-order valence-corrected chi connectivity index (χ0v) is 18.9. The van der Waals surface area contributed by atoms with E-state index in [-0.39, 0.29) is 5.91 Å². The summed E-state index contributed by atoms with van der Waals surface area (Å²) in [5.74, 6) is 0.354. The Morgan fingerprint density at radius 3 is 2.34 bits per heavy atom. The topological polar surface area (TPSA) is 94.8 Å². The smallest absolute Gasteiger partial charge is 0.252 e. The van der Waals surface area contributed by atoms with E-state index in [1.807, 2.05) is 30.1 Å². The predicted octanol–water partition coefficient (Wildman–Crippen LogP) is 2.97. The van der Waals surface area contributed by atoms with Gasteiger partial charge in [-0.15, -0.1) is 0 Å². The number of piperazine rings is 1. The number of pyridine rings is 1. The van der Waals surface area contributed by atoms with Crippen molar-refractivity contribution in [2.45, 2.75) is 38.6 Å². The van der Waals surface area contributed by atoms with E-state index in [0.717, 1.165) is 56.1 Å². The lowest BCUT2D eigenvalue weighted by Crippen LogP contribution is -2.48. The fourth-order valence-corrected chi connectivity index (χ4v) is 4.67. The van der Waals surface area contributed by atoms with Gasteiger partial charge in [-0.2, -0.15) is 0 Å². The van der Waals surface area contributed by atoms with Crippen molar-refractivity contribution in [2.75, 3.05) is 48.3 Å². The molecule has 1 aromatic carbocycles. The number of primary amides is 1. The van der Waals surface area contributed by atoms with Crippen LogP contribution in [0.3, 0.4) is 0 Å². The molecule has 2 aromatic rings. The second kappa shape index (κ2) is 9.46. The molecule has 8 nitrogen and oxygen atoms in total. The first-order valence-electron chi connectivity index (χ1n) is 11.3. The number of nitrogens with one attached hydrogen (secondary N) is 1. The highest BCUT2D eigenvalue weighted by Crippen LogP contribution is 2.31. The lowest BCUT2D eigenvalue weighted by molar-refractivity contribution is -0.129. The number of nitrogens with two attached hydrogens (primary N) is 1. The van der Waals surface area contributed by atoms with E-state index < -0.39 is 5.91 Å². The average molecular weight is 437 g/mol. The molecule has 170 valence electrons. The minimum atomic E-state index is -0.460. The maximum absolute atomic E-state index is 12.0. The molecule has 0 spiro atoms. The summed E-state index contributed by atoms with van der Waals surface area (Å²) in [4.78, 5) is 34.2. The maximum Gasteiger partial charge on any atom is 0.252 e. The zero-order chi connectivity index (χ0) is 22.7. The van der Waals surface area contributed by atoms with Crippen LogP contribution in [-0.4, -0.2) is 61.0 Å². The maximum atomic E-state index is 12.0. The number of amides is 2. The third-order valence-electron chi connectivity index (χ3n) is 6.63. The number of hydrogen-bond acceptors (Lipinski definition) is 6. The molecule has 0 atom stereocenters. The van der Waals surface area contributed by atoms with Gasteiger partial charge >= 0.3 is 0 Å². The third-order valence-corrected chi connectivity index (χ3v) is 6.63. The SMILES string of the molecule is CC(=O)N1CCN(c2ccc(Nc3cc(N(C)C4CCCC4)c(C(N)=O)cn3)cc2)CC1. The number of anilines is 4. The number of carbonyl (C=O) groups is 2. The summed E-state index contributed by atoms with van der Waals surface area (Å²) in [7, 11) is 2.03. The number of nitrogens with zero attached hydrogens (tertiary/aromatic N) is 4. The van der Waals surface area contributed by atoms with Crippen molar-refractivity contribution in [3.8, 4) is 0 Å². The molecular weight excluding hydrogens is 404 g/mol. The molecule has 0 unspecified atom stereocenters. The van der Waals surface area contributed by atoms with Crippen molar-refractivity contribution >= 4 is 34.7 Å². The fraction of sp³-hybridized carbons (Fsp3) is 0.458. The van der Waals surface area contributed by atoms with Crippen molar-refractivity contribution in [1.29, 1.82) is 0 Å². The molecule has 3 N–H and O–H groups in total. The quantitative estimate of drug-likeness (QED) is 0.723. The molecule has 2 amide bonds. The van der Waals surface area contributed by atoms with Crippen LogP contribution in [0, 0.1) is 0 Å². The molecule has 2 aliphatic rings. The molecular formula is C24H32N6O2. The zero-order valence-electron chi connectivity index (χ0n) is 18.9. The van der Waals surface area contributed by atoms with Gasteiger partial charge in [-0.05, 0) is 37.1 Å². The first-order valence-corrected chi connectivity index (χ1v) is 11.3. The summed E-state index contributed by atoms with van der Waals surface area (Å²) < 4.78 is 0. The summed E-state index contributed by atoms with van der Waals surface area (Å²) in [5, 5.41) is 3.35. The monoisotopic (exact) mass is 436 g/mol. The summed E-state index contributed by atoms with van der Waals surface area (Å²) in [6, 6.07) is 10.5. The number of aromatic nitrogens is 1. The van der Waals surface area contributed by atoms with Crippen molar-refractivity contribution in [2.24, 2.45) is 5.73 Å². The fourth-order valence-electron chi connectivity index (χ4n) is 4.67. The Labute approximate surface area is 189 Å². The summed E-state index contributed by atoms with van der Waals surface area (Å²) in [6.07, 6.45) is 6.25. The molecule has 4 rings (SSSR count). The van der Waals surface area contributed by atoms with E-state index in [4.69, 9.17) is 5.73 Å². The molecule has 1 aliphatic heterocycles. The van der Waals surface area contributed by atoms with Gasteiger partial charge in [0.05, 0.1) is 11.3 Å². The molecule has 32 heavy (non-hydrogen) atoms. The van der Waals surface area contributed by atoms with E-state index in [9.17, 15) is 9.59 Å². The molecule has 2 fully saturated rings. The summed E-state index contributed by atoms with van der Waals surface area (Å²) >= 11 is 0. The van der Waals surface area contributed by atoms with Crippen LogP contribution in [0.25, 0.3) is 0 Å². The average Bonchev–Trinajstić information content (AvgIpc) is 3.34. The van der Waals surface area contributed by atoms with E-state index in [0.29, 0.717) is 17.4 Å². The van der Waals surface area contributed by atoms with Gasteiger partial charge in [0.2, 0.25) is 5.91 Å². The lowest BCUT2D eigenvalue weighted by atomic mass is 10.1. The normalized spacial score (nSPS) is 16.8. The van der Waals surface area contributed by atoms with Crippen LogP contribution in [0.1, 0.15) is 43.0 Å². The molecule has 1 aromatic heterocycles. The van der Waals surface area contributed by atoms with E-state index in [2.05, 4.69) is 32.2 Å². The highest BCUT2D eigenvalue weighted by molar-refractivity contribution is 5.99. The minimum absolute atomic E-state index is 0.136. The van der Waals surface area contributed by atoms with Gasteiger partial charge in [0.25, 0.3) is 5.91 Å². The Morgan fingerprint density at radius 1 is 1.09 bits per heavy atom. The first-order chi connectivity index (χ1) is 15.4. The number of rotatable bonds is 6. The highest BCUT2D eigenvalue weighted by atomic mass is 16.2. The minimum Gasteiger partial charge on any atom is -0.371 e. The van der Waals surface area contributed by atoms with Gasteiger partial charge in [-0.25, -0.2) is 4.98 Å². The van der Waals surface area contributed by atoms with Crippen LogP contribution in [0.5, 0.6) is 0 Å². The standard InChI is InChI=1S/C24H32N6O2/c1-17(31)29-11-13-30(14-12-29)20-9-7-18(8-10-20)27-23-15-22(21(16-26-23)24(25)32)28(2)19-5-3-4-6-19/h7-10,15-16,19H,3-6,11-14H2,1-2H3,(H2,25,32)(H,26,27). The Bertz CT molecular complexity index is 963. The Hall–Kier alpha value is -3.29. The molecule has 8 heteroatoms. The van der Waals surface area contributed by atoms with Crippen molar-refractivity contribution in [3.63, 3.8) is 0 Å². The largest absolute Gasteiger partial charge is 0.371 e. The summed E-state index contributed by atoms with van der Waals surface area (Å²) in [5.41, 5.74) is 8.94.